The lowest BCUT2D eigenvalue weighted by molar-refractivity contribution is 0.371. The minimum absolute atomic E-state index is 0.0195. The van der Waals surface area contributed by atoms with E-state index in [0.717, 1.165) is 163 Å². The smallest absolute Gasteiger partial charge is 0.325 e. The third kappa shape index (κ3) is 31.4. The van der Waals surface area contributed by atoms with E-state index in [1.54, 1.807) is 36.4 Å². The molecule has 0 spiro atoms. The molecule has 0 saturated heterocycles. The normalized spacial score (nSPS) is 11.6. The van der Waals surface area contributed by atoms with E-state index < -0.39 is 53.3 Å². The number of aromatic amines is 3. The number of unbranched alkanes of at least 4 members (excludes halogenated alkanes) is 9. The maximum Gasteiger partial charge on any atom is 0.325 e. The largest absolute Gasteiger partial charge is 0.508 e. The lowest BCUT2D eigenvalue weighted by Crippen LogP contribution is -2.21. The first-order valence-corrected chi connectivity index (χ1v) is 56.9. The summed E-state index contributed by atoms with van der Waals surface area (Å²) in [6.07, 6.45) is 20.0. The van der Waals surface area contributed by atoms with E-state index in [9.17, 15) is 76.2 Å². The van der Waals surface area contributed by atoms with Crippen LogP contribution in [0.1, 0.15) is 147 Å². The second kappa shape index (κ2) is 50.9. The Balaban J connectivity index is 0.000000176. The fourth-order valence-corrected chi connectivity index (χ4v) is 19.7. The molecule has 4 heterocycles. The van der Waals surface area contributed by atoms with Gasteiger partial charge in [-0.2, -0.15) is 0 Å². The number of aryl methyl sites for hydroxylation is 9. The lowest BCUT2D eigenvalue weighted by Gasteiger charge is -2.21. The Hall–Kier alpha value is -14.2. The molecule has 0 bridgehead atoms. The molecule has 15 rings (SSSR count). The average molecular weight is 2090 g/mol. The summed E-state index contributed by atoms with van der Waals surface area (Å²) in [5.74, 6) is 1.97. The summed E-state index contributed by atoms with van der Waals surface area (Å²) in [5, 5.41) is 61.8. The number of para-hydroxylation sites is 1. The molecule has 4 aromatic heterocycles. The molecule has 148 heavy (non-hydrogen) atoms. The zero-order valence-corrected chi connectivity index (χ0v) is 90.1. The molecule has 0 aliphatic rings. The van der Waals surface area contributed by atoms with E-state index in [0.29, 0.717) is 52.0 Å². The van der Waals surface area contributed by atoms with E-state index in [1.807, 2.05) is 136 Å². The number of aromatic nitrogens is 8. The third-order valence-electron chi connectivity index (χ3n) is 25.4. The molecule has 0 saturated carbocycles. The molecule has 782 valence electrons. The van der Waals surface area contributed by atoms with Gasteiger partial charge in [-0.25, -0.2) is 36.8 Å². The van der Waals surface area contributed by atoms with Crippen molar-refractivity contribution in [2.45, 2.75) is 145 Å². The minimum Gasteiger partial charge on any atom is -0.508 e. The molecule has 0 aliphatic heterocycles. The van der Waals surface area contributed by atoms with Gasteiger partial charge in [-0.3, -0.25) is 23.1 Å². The van der Waals surface area contributed by atoms with E-state index in [1.165, 1.54) is 99.5 Å². The van der Waals surface area contributed by atoms with Gasteiger partial charge in [0.15, 0.2) is 5.75 Å². The number of rotatable bonds is 41. The number of aromatic hydroxyl groups is 6. The van der Waals surface area contributed by atoms with Crippen LogP contribution < -0.4 is 29.0 Å². The monoisotopic (exact) mass is 2080 g/mol. The Kier molecular flexibility index (Phi) is 38.7. The number of anilines is 6. The third-order valence-corrected chi connectivity index (χ3v) is 28.2. The van der Waals surface area contributed by atoms with Crippen molar-refractivity contribution in [3.63, 3.8) is 0 Å². The van der Waals surface area contributed by atoms with Crippen LogP contribution in [0.5, 0.6) is 34.5 Å². The van der Waals surface area contributed by atoms with Crippen molar-refractivity contribution in [1.29, 1.82) is 0 Å². The number of hydrogen-bond donors (Lipinski definition) is 15. The van der Waals surface area contributed by atoms with Crippen LogP contribution in [-0.4, -0.2) is 187 Å². The Morgan fingerprint density at radius 2 is 0.858 bits per heavy atom. The van der Waals surface area contributed by atoms with Crippen molar-refractivity contribution in [3.05, 3.63) is 292 Å². The second-order valence-electron chi connectivity index (χ2n) is 37.8. The summed E-state index contributed by atoms with van der Waals surface area (Å²) < 4.78 is 77.2. The Labute approximate surface area is 868 Å². The summed E-state index contributed by atoms with van der Waals surface area (Å²) in [7, 11) is -4.12. The summed E-state index contributed by atoms with van der Waals surface area (Å²) in [4.78, 5) is 75.1. The van der Waals surface area contributed by atoms with Crippen molar-refractivity contribution in [2.75, 3.05) is 109 Å². The van der Waals surface area contributed by atoms with Crippen LogP contribution >= 0.6 is 15.2 Å². The molecule has 15 N–H and O–H groups in total. The van der Waals surface area contributed by atoms with Crippen LogP contribution in [0.15, 0.2) is 231 Å². The quantitative estimate of drug-likeness (QED) is 0.00961. The van der Waals surface area contributed by atoms with E-state index in [4.69, 9.17) is 15.0 Å². The SMILES string of the molecule is CCCCCCCCCCCCc1nc(-c2ccc(O)cc2O)n(-c2ccccc2)c1-c1ccc(N(CC)CC)cc1.Cc1[nH]c(-c2cc(CCP(=O)(O)O)c(O)c(CCP(=O)(O)O)c2)nc1-c1ccc(O)cc1.Cc1cc(-c2nc(-c3ccc(N(C)C)cc3)c(/C=C/c3ccc(N(C)C)cc3)[nH]2)cc(C)c1O.Cc1cc(N(C)C)ccc1-c1nc(-c2cc(NS(C)(=O)=O)c(O)c(NS(C)(=O)=O)c2)[nH]c1CCc1ccccc1. The number of benzene rings is 11. The van der Waals surface area contributed by atoms with Crippen molar-refractivity contribution in [2.24, 2.45) is 0 Å². The fraction of sp³-hybridized carbons (Fsp3) is 0.298. The van der Waals surface area contributed by atoms with Gasteiger partial charge in [0.2, 0.25) is 20.0 Å². The summed E-state index contributed by atoms with van der Waals surface area (Å²) in [6.45, 7) is 16.2. The number of phenols is 6. The molecule has 0 radical (unpaired) electrons. The molecule has 0 amide bonds. The molecular weight excluding hydrogens is 1950 g/mol. The Morgan fingerprint density at radius 3 is 1.39 bits per heavy atom. The summed E-state index contributed by atoms with van der Waals surface area (Å²) in [5.41, 5.74) is 23.8. The molecule has 0 aliphatic carbocycles. The first-order valence-electron chi connectivity index (χ1n) is 49.5. The first-order chi connectivity index (χ1) is 70.3. The van der Waals surface area contributed by atoms with Crippen LogP contribution in [0, 0.1) is 27.7 Å². The van der Waals surface area contributed by atoms with E-state index in [-0.39, 0.29) is 58.3 Å². The van der Waals surface area contributed by atoms with Gasteiger partial charge in [0, 0.05) is 140 Å². The molecule has 34 heteroatoms. The summed E-state index contributed by atoms with van der Waals surface area (Å²) in [6, 6.07) is 73.1. The van der Waals surface area contributed by atoms with E-state index in [2.05, 4.69) is 185 Å². The van der Waals surface area contributed by atoms with Crippen molar-refractivity contribution in [1.82, 2.24) is 39.5 Å². The predicted molar refractivity (Wildman–Crippen MR) is 601 cm³/mol. The number of sulfonamides is 2. The maximum atomic E-state index is 12.0. The standard InChI is InChI=1S/C37H49N3O2.C29H32N4O.C28H33N5O5S2.C20H24N2O8P2/c1-4-7-8-9-10-11-12-13-14-18-21-34-36(29-22-24-30(25-23-29)39(5-2)6-3)40(31-19-16-15-17-20-31)37(38-34)33-27-26-32(41)28-35(33)42;1-19-17-23(18-20(2)28(19)34)29-30-26(16-9-21-7-12-24(13-8-21)32(3)4)27(31-29)22-10-14-25(15-11-22)33(5)6;1-18-15-21(33(2)3)12-13-22(18)26-23(14-11-19-9-7-6-8-10-19)29-28(30-26)20-16-24(31-39(4,35)36)27(34)25(17-20)32-40(5,37)38;1-12-18(13-2-4-17(23)5-3-13)22-20(21-12)16-10-14(6-8-31(25,26)27)19(24)15(11-16)7-9-32(28,29)30/h15-17,19-20,22-28,41-42H,4-14,18,21H2,1-3H3;7-18,34H,1-6H3,(H,30,31);6-10,12-13,15-17,31-32,34H,11,14H2,1-5H3,(H,29,30);2-5,10-11,23-24H,6-9H2,1H3,(H,21,22)(H2,25,26,27)(H2,28,29,30)/b;16-9+;;. The van der Waals surface area contributed by atoms with Crippen LogP contribution in [-0.2, 0) is 61.3 Å². The van der Waals surface area contributed by atoms with Gasteiger partial charge < -0.3 is 84.8 Å². The van der Waals surface area contributed by atoms with Crippen molar-refractivity contribution in [3.8, 4) is 131 Å². The van der Waals surface area contributed by atoms with Gasteiger partial charge >= 0.3 is 15.2 Å². The molecule has 0 unspecified atom stereocenters. The van der Waals surface area contributed by atoms with E-state index >= 15 is 0 Å². The lowest BCUT2D eigenvalue weighted by atomic mass is 10.00. The highest BCUT2D eigenvalue weighted by Crippen LogP contribution is 2.46. The van der Waals surface area contributed by atoms with Crippen molar-refractivity contribution < 1.29 is 76.2 Å². The molecular formula is C114H138N14O16P2S2. The van der Waals surface area contributed by atoms with Gasteiger partial charge in [0.05, 0.1) is 75.9 Å². The number of nitrogens with zero attached hydrogens (tertiary/aromatic N) is 9. The zero-order valence-electron chi connectivity index (χ0n) is 86.7. The molecule has 15 aromatic rings. The Morgan fingerprint density at radius 1 is 0.399 bits per heavy atom. The van der Waals surface area contributed by atoms with Gasteiger partial charge in [0.1, 0.15) is 52.0 Å². The highest BCUT2D eigenvalue weighted by atomic mass is 32.2. The van der Waals surface area contributed by atoms with Gasteiger partial charge in [-0.05, 0) is 259 Å². The Bertz CT molecular complexity index is 7260. The van der Waals surface area contributed by atoms with Crippen molar-refractivity contribution >= 4 is 81.5 Å². The van der Waals surface area contributed by atoms with Crippen LogP contribution in [0.4, 0.5) is 34.1 Å². The number of imidazole rings is 4. The number of nitrogens with one attached hydrogen (secondary N) is 5. The van der Waals surface area contributed by atoms with Gasteiger partial charge in [-0.15, -0.1) is 0 Å². The topological polar surface area (TPSA) is 446 Å². The zero-order chi connectivity index (χ0) is 107. The highest BCUT2D eigenvalue weighted by Gasteiger charge is 2.28. The predicted octanol–water partition coefficient (Wildman–Crippen LogP) is 23.6. The fourth-order valence-electron chi connectivity index (χ4n) is 17.5. The number of H-pyrrole nitrogens is 3. The maximum absolute atomic E-state index is 12.0. The molecule has 30 nitrogen and oxygen atoms in total. The minimum atomic E-state index is -4.32. The number of hydrogen-bond acceptors (Lipinski definition) is 20. The summed E-state index contributed by atoms with van der Waals surface area (Å²) >= 11 is 0. The van der Waals surface area contributed by atoms with Crippen LogP contribution in [0.25, 0.3) is 108 Å². The number of phenolic OH excluding ortho intramolecular Hbond substituents is 6. The molecule has 11 aromatic carbocycles. The highest BCUT2D eigenvalue weighted by molar-refractivity contribution is 7.92. The van der Waals surface area contributed by atoms with Crippen LogP contribution in [0.2, 0.25) is 0 Å². The first kappa shape index (κ1) is 113. The average Bonchev–Trinajstić information content (AvgIpc) is 1.60. The molecule has 0 atom stereocenters. The van der Waals surface area contributed by atoms with Gasteiger partial charge in [-0.1, -0.05) is 162 Å². The van der Waals surface area contributed by atoms with Gasteiger partial charge in [0.25, 0.3) is 0 Å². The second-order valence-corrected chi connectivity index (χ2v) is 44.9. The molecule has 0 fully saturated rings. The van der Waals surface area contributed by atoms with Crippen LogP contribution in [0.3, 0.4) is 0 Å².